The lowest BCUT2D eigenvalue weighted by atomic mass is 9.98. The summed E-state index contributed by atoms with van der Waals surface area (Å²) in [7, 11) is 0. The summed E-state index contributed by atoms with van der Waals surface area (Å²) in [6.45, 7) is 2.02. The Bertz CT molecular complexity index is 140. The van der Waals surface area contributed by atoms with Crippen molar-refractivity contribution >= 4 is 22.6 Å². The van der Waals surface area contributed by atoms with E-state index in [0.717, 1.165) is 12.8 Å². The minimum atomic E-state index is -0.148. The van der Waals surface area contributed by atoms with Crippen molar-refractivity contribution < 1.29 is 5.11 Å². The highest BCUT2D eigenvalue weighted by Crippen LogP contribution is 2.28. The summed E-state index contributed by atoms with van der Waals surface area (Å²) < 4.78 is 1.35. The maximum absolute atomic E-state index is 9.29. The highest BCUT2D eigenvalue weighted by molar-refractivity contribution is 14.1. The molecule has 52 valence electrons. The summed E-state index contributed by atoms with van der Waals surface area (Å²) in [5.41, 5.74) is 1.18. The zero-order chi connectivity index (χ0) is 6.85. The van der Waals surface area contributed by atoms with Crippen molar-refractivity contribution in [3.63, 3.8) is 0 Å². The molecule has 0 radical (unpaired) electrons. The van der Waals surface area contributed by atoms with Gasteiger partial charge < -0.3 is 5.11 Å². The van der Waals surface area contributed by atoms with Gasteiger partial charge in [-0.3, -0.25) is 0 Å². The molecule has 0 saturated heterocycles. The third-order valence-corrected chi connectivity index (χ3v) is 3.19. The summed E-state index contributed by atoms with van der Waals surface area (Å²) in [5, 5.41) is 9.29. The average Bonchev–Trinajstić information content (AvgIpc) is 1.83. The van der Waals surface area contributed by atoms with Gasteiger partial charge in [0.15, 0.2) is 0 Å². The fourth-order valence-corrected chi connectivity index (χ4v) is 1.79. The Hall–Kier alpha value is 0.430. The topological polar surface area (TPSA) is 20.2 Å². The van der Waals surface area contributed by atoms with Crippen LogP contribution in [0.25, 0.3) is 0 Å². The molecule has 0 aliphatic heterocycles. The number of aliphatic hydroxyl groups is 1. The van der Waals surface area contributed by atoms with Crippen LogP contribution >= 0.6 is 22.6 Å². The van der Waals surface area contributed by atoms with Gasteiger partial charge in [-0.1, -0.05) is 0 Å². The van der Waals surface area contributed by atoms with E-state index in [9.17, 15) is 5.11 Å². The van der Waals surface area contributed by atoms with Crippen LogP contribution in [-0.4, -0.2) is 11.2 Å². The number of allylic oxidation sites excluding steroid dienone is 1. The second kappa shape index (κ2) is 3.01. The lowest BCUT2D eigenvalue weighted by Crippen LogP contribution is -2.12. The van der Waals surface area contributed by atoms with Crippen molar-refractivity contribution in [3.05, 3.63) is 9.15 Å². The van der Waals surface area contributed by atoms with E-state index in [1.807, 2.05) is 6.92 Å². The molecular weight excluding hydrogens is 227 g/mol. The number of hydrogen-bond donors (Lipinski definition) is 1. The summed E-state index contributed by atoms with van der Waals surface area (Å²) in [6.07, 6.45) is 3.13. The Morgan fingerprint density at radius 1 is 1.67 bits per heavy atom. The van der Waals surface area contributed by atoms with Crippen molar-refractivity contribution in [2.45, 2.75) is 32.3 Å². The molecule has 0 heterocycles. The van der Waals surface area contributed by atoms with Crippen LogP contribution in [0, 0.1) is 0 Å². The molecule has 1 rings (SSSR count). The molecule has 0 aromatic rings. The van der Waals surface area contributed by atoms with Gasteiger partial charge in [-0.25, -0.2) is 0 Å². The molecule has 1 nitrogen and oxygen atoms in total. The molecule has 0 aromatic heterocycles. The molecule has 0 bridgehead atoms. The molecule has 2 heteroatoms. The second-order valence-electron chi connectivity index (χ2n) is 2.50. The van der Waals surface area contributed by atoms with Gasteiger partial charge in [-0.05, 0) is 57.9 Å². The normalized spacial score (nSPS) is 29.0. The van der Waals surface area contributed by atoms with Crippen LogP contribution in [0.4, 0.5) is 0 Å². The lowest BCUT2D eigenvalue weighted by molar-refractivity contribution is 0.191. The van der Waals surface area contributed by atoms with Crippen molar-refractivity contribution in [1.82, 2.24) is 0 Å². The van der Waals surface area contributed by atoms with Gasteiger partial charge in [0, 0.05) is 0 Å². The molecule has 1 N–H and O–H groups in total. The highest BCUT2D eigenvalue weighted by atomic mass is 127. The Labute approximate surface area is 69.3 Å². The highest BCUT2D eigenvalue weighted by Gasteiger charge is 2.14. The van der Waals surface area contributed by atoms with Gasteiger partial charge >= 0.3 is 0 Å². The average molecular weight is 238 g/mol. The van der Waals surface area contributed by atoms with Crippen molar-refractivity contribution in [2.24, 2.45) is 0 Å². The van der Waals surface area contributed by atoms with E-state index in [1.165, 1.54) is 15.6 Å². The maximum Gasteiger partial charge on any atom is 0.0757 e. The first-order valence-corrected chi connectivity index (χ1v) is 4.33. The van der Waals surface area contributed by atoms with E-state index in [1.54, 1.807) is 0 Å². The van der Waals surface area contributed by atoms with E-state index in [-0.39, 0.29) is 6.10 Å². The molecule has 0 amide bonds. The molecule has 0 spiro atoms. The standard InChI is InChI=1S/C7H11IO/c1-5-6(8)3-2-4-7(5)9/h7,9H,2-4H2,1H3. The predicted octanol–water partition coefficient (Wildman–Crippen LogP) is 2.24. The predicted molar refractivity (Wildman–Crippen MR) is 46.6 cm³/mol. The number of hydrogen-bond acceptors (Lipinski definition) is 1. The third kappa shape index (κ3) is 1.67. The SMILES string of the molecule is CC1=C(I)CCCC1O. The Balaban J connectivity index is 2.72. The lowest BCUT2D eigenvalue weighted by Gasteiger charge is -2.18. The molecule has 1 aliphatic rings. The van der Waals surface area contributed by atoms with Crippen molar-refractivity contribution in [2.75, 3.05) is 0 Å². The Morgan fingerprint density at radius 3 is 2.78 bits per heavy atom. The Morgan fingerprint density at radius 2 is 2.33 bits per heavy atom. The van der Waals surface area contributed by atoms with Gasteiger partial charge in [0.25, 0.3) is 0 Å². The first-order valence-electron chi connectivity index (χ1n) is 3.25. The molecule has 0 aromatic carbocycles. The van der Waals surface area contributed by atoms with Gasteiger partial charge in [-0.2, -0.15) is 0 Å². The fourth-order valence-electron chi connectivity index (χ4n) is 1.05. The minimum Gasteiger partial charge on any atom is -0.389 e. The zero-order valence-electron chi connectivity index (χ0n) is 5.52. The monoisotopic (exact) mass is 238 g/mol. The van der Waals surface area contributed by atoms with E-state index in [4.69, 9.17) is 0 Å². The molecule has 9 heavy (non-hydrogen) atoms. The summed E-state index contributed by atoms with van der Waals surface area (Å²) in [5.74, 6) is 0. The van der Waals surface area contributed by atoms with E-state index >= 15 is 0 Å². The van der Waals surface area contributed by atoms with Crippen LogP contribution in [0.2, 0.25) is 0 Å². The van der Waals surface area contributed by atoms with Gasteiger partial charge in [0.1, 0.15) is 0 Å². The zero-order valence-corrected chi connectivity index (χ0v) is 7.68. The number of aliphatic hydroxyl groups excluding tert-OH is 1. The summed E-state index contributed by atoms with van der Waals surface area (Å²) in [6, 6.07) is 0. The van der Waals surface area contributed by atoms with Gasteiger partial charge in [-0.15, -0.1) is 0 Å². The fraction of sp³-hybridized carbons (Fsp3) is 0.714. The first kappa shape index (κ1) is 7.54. The smallest absolute Gasteiger partial charge is 0.0757 e. The summed E-state index contributed by atoms with van der Waals surface area (Å²) in [4.78, 5) is 0. The first-order chi connectivity index (χ1) is 4.22. The van der Waals surface area contributed by atoms with Gasteiger partial charge in [0.2, 0.25) is 0 Å². The summed E-state index contributed by atoms with van der Waals surface area (Å²) >= 11 is 2.32. The van der Waals surface area contributed by atoms with E-state index in [0.29, 0.717) is 0 Å². The Kier molecular flexibility index (Phi) is 2.52. The molecule has 1 aliphatic carbocycles. The van der Waals surface area contributed by atoms with Crippen LogP contribution < -0.4 is 0 Å². The van der Waals surface area contributed by atoms with Crippen molar-refractivity contribution in [1.29, 1.82) is 0 Å². The molecule has 1 atom stereocenters. The van der Waals surface area contributed by atoms with Crippen LogP contribution in [0.3, 0.4) is 0 Å². The van der Waals surface area contributed by atoms with Crippen LogP contribution in [0.5, 0.6) is 0 Å². The number of halogens is 1. The minimum absolute atomic E-state index is 0.148. The molecule has 0 saturated carbocycles. The van der Waals surface area contributed by atoms with Gasteiger partial charge in [0.05, 0.1) is 6.10 Å². The van der Waals surface area contributed by atoms with Crippen molar-refractivity contribution in [3.8, 4) is 0 Å². The molecular formula is C7H11IO. The van der Waals surface area contributed by atoms with Crippen LogP contribution in [0.1, 0.15) is 26.2 Å². The largest absolute Gasteiger partial charge is 0.389 e. The maximum atomic E-state index is 9.29. The van der Waals surface area contributed by atoms with E-state index in [2.05, 4.69) is 22.6 Å². The van der Waals surface area contributed by atoms with Crippen LogP contribution in [0.15, 0.2) is 9.15 Å². The third-order valence-electron chi connectivity index (χ3n) is 1.80. The quantitative estimate of drug-likeness (QED) is 0.641. The van der Waals surface area contributed by atoms with Crippen LogP contribution in [-0.2, 0) is 0 Å². The molecule has 1 unspecified atom stereocenters. The van der Waals surface area contributed by atoms with E-state index < -0.39 is 0 Å². The molecule has 0 fully saturated rings. The second-order valence-corrected chi connectivity index (χ2v) is 3.80. The number of rotatable bonds is 0.